The maximum atomic E-state index is 13.0. The van der Waals surface area contributed by atoms with E-state index in [1.165, 1.54) is 35.6 Å². The highest BCUT2D eigenvalue weighted by Gasteiger charge is 2.37. The quantitative estimate of drug-likeness (QED) is 0.606. The second-order valence-electron chi connectivity index (χ2n) is 3.98. The van der Waals surface area contributed by atoms with E-state index < -0.39 is 28.2 Å². The van der Waals surface area contributed by atoms with Crippen LogP contribution >= 0.6 is 34.2 Å². The Morgan fingerprint density at radius 2 is 2.05 bits per heavy atom. The van der Waals surface area contributed by atoms with Crippen LogP contribution in [0, 0.1) is 5.82 Å². The van der Waals surface area contributed by atoms with Gasteiger partial charge in [0, 0.05) is 11.6 Å². The Balaban J connectivity index is 2.83. The van der Waals surface area contributed by atoms with Gasteiger partial charge in [-0.2, -0.15) is 0 Å². The highest BCUT2D eigenvalue weighted by atomic mass is 127. The molecule has 1 aromatic heterocycles. The van der Waals surface area contributed by atoms with Crippen LogP contribution in [0.25, 0.3) is 10.9 Å². The van der Waals surface area contributed by atoms with Crippen molar-refractivity contribution in [2.45, 2.75) is 14.0 Å². The van der Waals surface area contributed by atoms with Gasteiger partial charge in [-0.1, -0.05) is 11.6 Å². The van der Waals surface area contributed by atoms with E-state index in [2.05, 4.69) is 4.98 Å². The molecule has 4 nitrogen and oxygen atoms in total. The second kappa shape index (κ2) is 4.71. The Morgan fingerprint density at radius 1 is 1.42 bits per heavy atom. The number of aromatic nitrogens is 1. The third-order valence-electron chi connectivity index (χ3n) is 2.57. The lowest BCUT2D eigenvalue weighted by Crippen LogP contribution is -2.27. The van der Waals surface area contributed by atoms with Gasteiger partial charge in [0.15, 0.2) is 2.21 Å². The van der Waals surface area contributed by atoms with E-state index in [-0.39, 0.29) is 10.9 Å². The fourth-order valence-corrected chi connectivity index (χ4v) is 3.48. The van der Waals surface area contributed by atoms with E-state index in [4.69, 9.17) is 11.6 Å². The molecule has 1 unspecified atom stereocenters. The van der Waals surface area contributed by atoms with Crippen molar-refractivity contribution in [3.8, 4) is 0 Å². The molecular weight excluding hydrogens is 408 g/mol. The first kappa shape index (κ1) is 14.7. The molecule has 0 fully saturated rings. The summed E-state index contributed by atoms with van der Waals surface area (Å²) >= 11 is 7.33. The van der Waals surface area contributed by atoms with Crippen molar-refractivity contribution >= 4 is 54.9 Å². The van der Waals surface area contributed by atoms with Gasteiger partial charge in [0.05, 0.1) is 5.52 Å². The SMILES string of the molecule is CC(Cl)(I)S(=O)(=O)c1c[nH]c2cc(F)ccc2c1=O. The van der Waals surface area contributed by atoms with Crippen molar-refractivity contribution in [3.05, 3.63) is 40.4 Å². The van der Waals surface area contributed by atoms with Gasteiger partial charge in [-0.3, -0.25) is 4.79 Å². The number of sulfone groups is 1. The second-order valence-corrected chi connectivity index (χ2v) is 10.8. The Morgan fingerprint density at radius 3 is 2.63 bits per heavy atom. The van der Waals surface area contributed by atoms with Crippen LogP contribution < -0.4 is 5.43 Å². The number of hydrogen-bond donors (Lipinski definition) is 1. The molecule has 0 spiro atoms. The molecule has 0 saturated carbocycles. The molecule has 102 valence electrons. The van der Waals surface area contributed by atoms with Gasteiger partial charge in [0.1, 0.15) is 10.7 Å². The van der Waals surface area contributed by atoms with E-state index in [1.807, 2.05) is 0 Å². The number of nitrogens with one attached hydrogen (secondary N) is 1. The predicted molar refractivity (Wildman–Crippen MR) is 80.0 cm³/mol. The normalized spacial score (nSPS) is 15.4. The maximum Gasteiger partial charge on any atom is 0.212 e. The number of H-pyrrole nitrogens is 1. The van der Waals surface area contributed by atoms with Gasteiger partial charge in [-0.15, -0.1) is 0 Å². The molecule has 0 aliphatic heterocycles. The largest absolute Gasteiger partial charge is 0.360 e. The third-order valence-corrected chi connectivity index (χ3v) is 6.74. The summed E-state index contributed by atoms with van der Waals surface area (Å²) in [6.07, 6.45) is 1.04. The number of rotatable bonds is 2. The zero-order chi connectivity index (χ0) is 14.4. The third kappa shape index (κ3) is 2.50. The number of benzene rings is 1. The molecule has 1 atom stereocenters. The van der Waals surface area contributed by atoms with Gasteiger partial charge in [-0.25, -0.2) is 12.8 Å². The summed E-state index contributed by atoms with van der Waals surface area (Å²) in [5.41, 5.74) is -0.467. The summed E-state index contributed by atoms with van der Waals surface area (Å²) < 4.78 is 35.7. The maximum absolute atomic E-state index is 13.0. The van der Waals surface area contributed by atoms with Crippen LogP contribution in [0.4, 0.5) is 4.39 Å². The Bertz CT molecular complexity index is 811. The topological polar surface area (TPSA) is 67.0 Å². The molecule has 2 aromatic rings. The van der Waals surface area contributed by atoms with Crippen LogP contribution in [0.3, 0.4) is 0 Å². The predicted octanol–water partition coefficient (Wildman–Crippen LogP) is 2.79. The summed E-state index contributed by atoms with van der Waals surface area (Å²) in [6, 6.07) is 3.45. The zero-order valence-corrected chi connectivity index (χ0v) is 13.3. The van der Waals surface area contributed by atoms with Crippen LogP contribution in [0.15, 0.2) is 34.1 Å². The van der Waals surface area contributed by atoms with Crippen molar-refractivity contribution in [2.75, 3.05) is 0 Å². The molecule has 0 aliphatic rings. The molecule has 19 heavy (non-hydrogen) atoms. The van der Waals surface area contributed by atoms with Gasteiger partial charge >= 0.3 is 0 Å². The lowest BCUT2D eigenvalue weighted by Gasteiger charge is -2.14. The van der Waals surface area contributed by atoms with Gasteiger partial charge < -0.3 is 4.98 Å². The van der Waals surface area contributed by atoms with E-state index in [0.29, 0.717) is 0 Å². The number of halogens is 3. The molecule has 1 heterocycles. The molecule has 2 rings (SSSR count). The Hall–Kier alpha value is -0.670. The zero-order valence-electron chi connectivity index (χ0n) is 9.58. The minimum atomic E-state index is -3.99. The van der Waals surface area contributed by atoms with Crippen LogP contribution in [-0.2, 0) is 9.84 Å². The van der Waals surface area contributed by atoms with Crippen molar-refractivity contribution in [1.82, 2.24) is 4.98 Å². The van der Waals surface area contributed by atoms with Gasteiger partial charge in [-0.05, 0) is 47.7 Å². The number of alkyl halides is 2. The number of fused-ring (bicyclic) bond motifs is 1. The van der Waals surface area contributed by atoms with Gasteiger partial charge in [0.2, 0.25) is 15.3 Å². The minimum absolute atomic E-state index is 0.0970. The van der Waals surface area contributed by atoms with E-state index >= 15 is 0 Å². The standard InChI is InChI=1S/C11H8ClFINO3S/c1-11(12,14)19(17,18)9-5-15-8-4-6(13)2-3-7(8)10(9)16/h2-5H,1H3,(H,15,16). The summed E-state index contributed by atoms with van der Waals surface area (Å²) in [5.74, 6) is -0.519. The molecule has 0 bridgehead atoms. The molecule has 0 radical (unpaired) electrons. The van der Waals surface area contributed by atoms with Crippen LogP contribution in [0.2, 0.25) is 0 Å². The fourth-order valence-electron chi connectivity index (χ4n) is 1.57. The first-order valence-corrected chi connectivity index (χ1v) is 8.02. The Labute approximate surface area is 127 Å². The van der Waals surface area contributed by atoms with E-state index in [9.17, 15) is 17.6 Å². The highest BCUT2D eigenvalue weighted by molar-refractivity contribution is 14.1. The summed E-state index contributed by atoms with van der Waals surface area (Å²) in [5, 5.41) is 0.0970. The van der Waals surface area contributed by atoms with Crippen LogP contribution in [0.1, 0.15) is 6.92 Å². The average Bonchev–Trinajstić information content (AvgIpc) is 2.27. The van der Waals surface area contributed by atoms with Crippen molar-refractivity contribution < 1.29 is 12.8 Å². The van der Waals surface area contributed by atoms with Crippen molar-refractivity contribution in [1.29, 1.82) is 0 Å². The van der Waals surface area contributed by atoms with Crippen molar-refractivity contribution in [3.63, 3.8) is 0 Å². The smallest absolute Gasteiger partial charge is 0.212 e. The average molecular weight is 416 g/mol. The molecule has 0 aliphatic carbocycles. The monoisotopic (exact) mass is 415 g/mol. The molecule has 0 saturated heterocycles. The molecular formula is C11H8ClFINO3S. The van der Waals surface area contributed by atoms with Crippen LogP contribution in [-0.4, -0.2) is 15.6 Å². The minimum Gasteiger partial charge on any atom is -0.360 e. The lowest BCUT2D eigenvalue weighted by atomic mass is 10.2. The van der Waals surface area contributed by atoms with Crippen molar-refractivity contribution in [2.24, 2.45) is 0 Å². The van der Waals surface area contributed by atoms with E-state index in [0.717, 1.165) is 18.3 Å². The lowest BCUT2D eigenvalue weighted by molar-refractivity contribution is 0.592. The van der Waals surface area contributed by atoms with E-state index in [1.54, 1.807) is 0 Å². The number of pyridine rings is 1. The molecule has 0 amide bonds. The number of aromatic amines is 1. The molecule has 1 aromatic carbocycles. The number of hydrogen-bond acceptors (Lipinski definition) is 3. The first-order chi connectivity index (χ1) is 8.64. The summed E-state index contributed by atoms with van der Waals surface area (Å²) in [7, 11) is -3.99. The molecule has 8 heteroatoms. The first-order valence-electron chi connectivity index (χ1n) is 5.08. The Kier molecular flexibility index (Phi) is 3.65. The van der Waals surface area contributed by atoms with Gasteiger partial charge in [0.25, 0.3) is 0 Å². The fraction of sp³-hybridized carbons (Fsp3) is 0.182. The summed E-state index contributed by atoms with van der Waals surface area (Å²) in [6.45, 7) is 1.28. The van der Waals surface area contributed by atoms with Crippen LogP contribution in [0.5, 0.6) is 0 Å². The highest BCUT2D eigenvalue weighted by Crippen LogP contribution is 2.34. The molecule has 1 N–H and O–H groups in total. The summed E-state index contributed by atoms with van der Waals surface area (Å²) in [4.78, 5) is 14.3.